The predicted octanol–water partition coefficient (Wildman–Crippen LogP) is 0.525. The van der Waals surface area contributed by atoms with Crippen LogP contribution in [0.5, 0.6) is 0 Å². The van der Waals surface area contributed by atoms with Crippen molar-refractivity contribution in [1.29, 1.82) is 0 Å². The second kappa shape index (κ2) is 5.64. The van der Waals surface area contributed by atoms with Gasteiger partial charge in [0, 0.05) is 37.7 Å². The van der Waals surface area contributed by atoms with E-state index in [1.807, 2.05) is 0 Å². The van der Waals surface area contributed by atoms with Crippen LogP contribution in [0, 0.1) is 11.6 Å². The number of nitrogens with zero attached hydrogens (tertiary/aromatic N) is 3. The van der Waals surface area contributed by atoms with Crippen LogP contribution in [0.3, 0.4) is 0 Å². The Balaban J connectivity index is 2.42. The number of halogens is 2. The zero-order chi connectivity index (χ0) is 14.8. The van der Waals surface area contributed by atoms with Gasteiger partial charge in [0.25, 0.3) is 0 Å². The zero-order valence-corrected chi connectivity index (χ0v) is 11.1. The third kappa shape index (κ3) is 2.83. The van der Waals surface area contributed by atoms with Crippen molar-refractivity contribution in [2.75, 3.05) is 13.2 Å². The van der Waals surface area contributed by atoms with Crippen LogP contribution in [0.25, 0.3) is 0 Å². The summed E-state index contributed by atoms with van der Waals surface area (Å²) in [6.45, 7) is -0.314. The SMILES string of the molecule is Cn1cc(CC(CN)(CO)c2cc(F)cc(F)c2)nn1. The van der Waals surface area contributed by atoms with Gasteiger partial charge < -0.3 is 10.8 Å². The maximum Gasteiger partial charge on any atom is 0.126 e. The Morgan fingerprint density at radius 2 is 1.95 bits per heavy atom. The average Bonchev–Trinajstić information content (AvgIpc) is 2.80. The summed E-state index contributed by atoms with van der Waals surface area (Å²) in [5.41, 5.74) is 5.66. The normalized spacial score (nSPS) is 14.2. The highest BCUT2D eigenvalue weighted by Crippen LogP contribution is 2.28. The van der Waals surface area contributed by atoms with Crippen LogP contribution in [-0.4, -0.2) is 33.3 Å². The summed E-state index contributed by atoms with van der Waals surface area (Å²) in [5, 5.41) is 17.4. The molecule has 1 aromatic carbocycles. The molecule has 108 valence electrons. The lowest BCUT2D eigenvalue weighted by atomic mass is 9.77. The highest BCUT2D eigenvalue weighted by Gasteiger charge is 2.32. The summed E-state index contributed by atoms with van der Waals surface area (Å²) in [5.74, 6) is -1.41. The Morgan fingerprint density at radius 1 is 1.30 bits per heavy atom. The molecule has 3 N–H and O–H groups in total. The number of aliphatic hydroxyl groups is 1. The summed E-state index contributed by atoms with van der Waals surface area (Å²) in [6.07, 6.45) is 1.92. The molecule has 0 fully saturated rings. The fraction of sp³-hybridized carbons (Fsp3) is 0.385. The van der Waals surface area contributed by atoms with Gasteiger partial charge in [-0.2, -0.15) is 0 Å². The van der Waals surface area contributed by atoms with E-state index >= 15 is 0 Å². The molecule has 0 saturated heterocycles. The van der Waals surface area contributed by atoms with E-state index in [1.54, 1.807) is 13.2 Å². The highest BCUT2D eigenvalue weighted by molar-refractivity contribution is 5.29. The quantitative estimate of drug-likeness (QED) is 0.838. The first-order valence-electron chi connectivity index (χ1n) is 6.12. The molecule has 5 nitrogen and oxygen atoms in total. The van der Waals surface area contributed by atoms with E-state index in [-0.39, 0.29) is 19.6 Å². The molecule has 1 aromatic heterocycles. The third-order valence-electron chi connectivity index (χ3n) is 3.34. The van der Waals surface area contributed by atoms with Gasteiger partial charge in [0.15, 0.2) is 0 Å². The van der Waals surface area contributed by atoms with Gasteiger partial charge in [0.2, 0.25) is 0 Å². The number of aromatic nitrogens is 3. The van der Waals surface area contributed by atoms with Gasteiger partial charge in [-0.1, -0.05) is 5.21 Å². The number of aliphatic hydroxyl groups excluding tert-OH is 1. The molecule has 0 bridgehead atoms. The molecular formula is C13H16F2N4O. The van der Waals surface area contributed by atoms with E-state index in [1.165, 1.54) is 16.8 Å². The Morgan fingerprint density at radius 3 is 2.40 bits per heavy atom. The molecule has 0 saturated carbocycles. The van der Waals surface area contributed by atoms with Crippen LogP contribution < -0.4 is 5.73 Å². The fourth-order valence-corrected chi connectivity index (χ4v) is 2.19. The molecule has 2 rings (SSSR count). The first-order valence-corrected chi connectivity index (χ1v) is 6.12. The molecule has 0 spiro atoms. The van der Waals surface area contributed by atoms with Crippen LogP contribution in [-0.2, 0) is 18.9 Å². The topological polar surface area (TPSA) is 77.0 Å². The number of benzene rings is 1. The number of aryl methyl sites for hydroxylation is 1. The molecule has 0 amide bonds. The summed E-state index contributed by atoms with van der Waals surface area (Å²) in [7, 11) is 1.71. The molecule has 7 heteroatoms. The van der Waals surface area contributed by atoms with Crippen LogP contribution in [0.2, 0.25) is 0 Å². The zero-order valence-electron chi connectivity index (χ0n) is 11.1. The summed E-state index contributed by atoms with van der Waals surface area (Å²) >= 11 is 0. The highest BCUT2D eigenvalue weighted by atomic mass is 19.1. The predicted molar refractivity (Wildman–Crippen MR) is 68.9 cm³/mol. The minimum atomic E-state index is -0.987. The van der Waals surface area contributed by atoms with Crippen LogP contribution >= 0.6 is 0 Å². The molecule has 20 heavy (non-hydrogen) atoms. The minimum absolute atomic E-state index is 0.0307. The minimum Gasteiger partial charge on any atom is -0.395 e. The van der Waals surface area contributed by atoms with E-state index in [9.17, 15) is 13.9 Å². The number of rotatable bonds is 5. The first kappa shape index (κ1) is 14.5. The Labute approximate surface area is 115 Å². The van der Waals surface area contributed by atoms with Crippen molar-refractivity contribution in [3.8, 4) is 0 Å². The van der Waals surface area contributed by atoms with Crippen LogP contribution in [0.15, 0.2) is 24.4 Å². The first-order chi connectivity index (χ1) is 9.49. The summed E-state index contributed by atoms with van der Waals surface area (Å²) in [6, 6.07) is 3.15. The van der Waals surface area contributed by atoms with Crippen molar-refractivity contribution in [2.24, 2.45) is 12.8 Å². The molecule has 1 heterocycles. The average molecular weight is 282 g/mol. The van der Waals surface area contributed by atoms with E-state index in [2.05, 4.69) is 10.3 Å². The van der Waals surface area contributed by atoms with Crippen molar-refractivity contribution in [3.63, 3.8) is 0 Å². The summed E-state index contributed by atoms with van der Waals surface area (Å²) in [4.78, 5) is 0. The molecule has 1 atom stereocenters. The van der Waals surface area contributed by atoms with E-state index < -0.39 is 17.0 Å². The maximum atomic E-state index is 13.4. The van der Waals surface area contributed by atoms with E-state index in [0.29, 0.717) is 11.3 Å². The van der Waals surface area contributed by atoms with Gasteiger partial charge in [0.1, 0.15) is 11.6 Å². The summed E-state index contributed by atoms with van der Waals surface area (Å²) < 4.78 is 28.3. The molecule has 0 radical (unpaired) electrons. The number of hydrogen-bond donors (Lipinski definition) is 2. The fourth-order valence-electron chi connectivity index (χ4n) is 2.19. The lowest BCUT2D eigenvalue weighted by molar-refractivity contribution is 0.194. The van der Waals surface area contributed by atoms with Gasteiger partial charge in [-0.15, -0.1) is 5.10 Å². The second-order valence-corrected chi connectivity index (χ2v) is 4.86. The largest absolute Gasteiger partial charge is 0.395 e. The van der Waals surface area contributed by atoms with Crippen molar-refractivity contribution in [2.45, 2.75) is 11.8 Å². The Kier molecular flexibility index (Phi) is 4.10. The van der Waals surface area contributed by atoms with Gasteiger partial charge >= 0.3 is 0 Å². The van der Waals surface area contributed by atoms with Crippen LogP contribution in [0.4, 0.5) is 8.78 Å². The maximum absolute atomic E-state index is 13.4. The van der Waals surface area contributed by atoms with Gasteiger partial charge in [0.05, 0.1) is 12.3 Å². The van der Waals surface area contributed by atoms with Gasteiger partial charge in [-0.3, -0.25) is 4.68 Å². The Hall–Kier alpha value is -1.86. The standard InChI is InChI=1S/C13H16F2N4O/c1-19-6-12(17-18-19)5-13(7-16,8-20)9-2-10(14)4-11(15)3-9/h2-4,6,20H,5,7-8,16H2,1H3. The van der Waals surface area contributed by atoms with Crippen molar-refractivity contribution in [1.82, 2.24) is 15.0 Å². The van der Waals surface area contributed by atoms with Crippen molar-refractivity contribution < 1.29 is 13.9 Å². The monoisotopic (exact) mass is 282 g/mol. The van der Waals surface area contributed by atoms with Crippen molar-refractivity contribution in [3.05, 3.63) is 47.3 Å². The smallest absolute Gasteiger partial charge is 0.126 e. The molecule has 0 aliphatic heterocycles. The lowest BCUT2D eigenvalue weighted by Crippen LogP contribution is -2.41. The lowest BCUT2D eigenvalue weighted by Gasteiger charge is -2.30. The molecule has 2 aromatic rings. The third-order valence-corrected chi connectivity index (χ3v) is 3.34. The Bertz CT molecular complexity index is 576. The second-order valence-electron chi connectivity index (χ2n) is 4.86. The molecule has 1 unspecified atom stereocenters. The van der Waals surface area contributed by atoms with Gasteiger partial charge in [-0.05, 0) is 17.7 Å². The van der Waals surface area contributed by atoms with E-state index in [4.69, 9.17) is 5.73 Å². The molecule has 0 aliphatic rings. The molecular weight excluding hydrogens is 266 g/mol. The van der Waals surface area contributed by atoms with Crippen molar-refractivity contribution >= 4 is 0 Å². The number of hydrogen-bond acceptors (Lipinski definition) is 4. The van der Waals surface area contributed by atoms with Gasteiger partial charge in [-0.25, -0.2) is 8.78 Å². The van der Waals surface area contributed by atoms with Crippen LogP contribution in [0.1, 0.15) is 11.3 Å². The van der Waals surface area contributed by atoms with E-state index in [0.717, 1.165) is 6.07 Å². The molecule has 0 aliphatic carbocycles. The number of nitrogens with two attached hydrogens (primary N) is 1.